The van der Waals surface area contributed by atoms with E-state index in [4.69, 9.17) is 0 Å². The van der Waals surface area contributed by atoms with E-state index in [0.717, 1.165) is 6.04 Å². The van der Waals surface area contributed by atoms with E-state index in [1.807, 2.05) is 0 Å². The second-order valence-electron chi connectivity index (χ2n) is 8.17. The molecule has 2 aliphatic rings. The van der Waals surface area contributed by atoms with E-state index in [2.05, 4.69) is 51.8 Å². The standard InChI is InChI=1S/C15H30N2/c1-13(2,3)16-12-11-15(12)7-9-17(10-8-15)14(4,5)6/h12,16H,7-11H2,1-6H3. The van der Waals surface area contributed by atoms with Crippen LogP contribution in [0, 0.1) is 5.41 Å². The van der Waals surface area contributed by atoms with Crippen LogP contribution in [0.3, 0.4) is 0 Å². The molecule has 0 amide bonds. The summed E-state index contributed by atoms with van der Waals surface area (Å²) in [6.45, 7) is 16.4. The third-order valence-electron chi connectivity index (χ3n) is 4.50. The van der Waals surface area contributed by atoms with Crippen LogP contribution >= 0.6 is 0 Å². The predicted molar refractivity (Wildman–Crippen MR) is 74.3 cm³/mol. The monoisotopic (exact) mass is 238 g/mol. The van der Waals surface area contributed by atoms with Gasteiger partial charge in [-0.2, -0.15) is 0 Å². The molecule has 1 N–H and O–H groups in total. The average Bonchev–Trinajstić information content (AvgIpc) is 2.74. The molecule has 1 saturated carbocycles. The maximum atomic E-state index is 3.79. The maximum absolute atomic E-state index is 3.79. The number of likely N-dealkylation sites (tertiary alicyclic amines) is 1. The van der Waals surface area contributed by atoms with Crippen LogP contribution < -0.4 is 5.32 Å². The summed E-state index contributed by atoms with van der Waals surface area (Å²) in [5.74, 6) is 0. The number of nitrogens with one attached hydrogen (secondary N) is 1. The van der Waals surface area contributed by atoms with Gasteiger partial charge in [-0.15, -0.1) is 0 Å². The average molecular weight is 238 g/mol. The quantitative estimate of drug-likeness (QED) is 0.755. The van der Waals surface area contributed by atoms with Crippen molar-refractivity contribution in [3.63, 3.8) is 0 Å². The molecule has 1 saturated heterocycles. The minimum atomic E-state index is 0.273. The van der Waals surface area contributed by atoms with E-state index in [9.17, 15) is 0 Å². The van der Waals surface area contributed by atoms with Gasteiger partial charge in [0.2, 0.25) is 0 Å². The number of rotatable bonds is 1. The summed E-state index contributed by atoms with van der Waals surface area (Å²) >= 11 is 0. The lowest BCUT2D eigenvalue weighted by atomic mass is 9.89. The molecule has 0 radical (unpaired) electrons. The topological polar surface area (TPSA) is 15.3 Å². The SMILES string of the molecule is CC(C)(C)NC1CC12CCN(C(C)(C)C)CC2. The van der Waals surface area contributed by atoms with Crippen molar-refractivity contribution in [1.82, 2.24) is 10.2 Å². The van der Waals surface area contributed by atoms with Crippen molar-refractivity contribution in [2.45, 2.75) is 77.9 Å². The second kappa shape index (κ2) is 3.96. The Kier molecular flexibility index (Phi) is 3.11. The summed E-state index contributed by atoms with van der Waals surface area (Å²) in [4.78, 5) is 2.64. The van der Waals surface area contributed by atoms with Crippen LogP contribution in [0.5, 0.6) is 0 Å². The third kappa shape index (κ3) is 3.03. The lowest BCUT2D eigenvalue weighted by molar-refractivity contribution is 0.0765. The van der Waals surface area contributed by atoms with E-state index in [1.165, 1.54) is 32.4 Å². The van der Waals surface area contributed by atoms with Gasteiger partial charge in [0.15, 0.2) is 0 Å². The first kappa shape index (κ1) is 13.4. The Morgan fingerprint density at radius 2 is 1.53 bits per heavy atom. The van der Waals surface area contributed by atoms with E-state index >= 15 is 0 Å². The Labute approximate surface area is 107 Å². The third-order valence-corrected chi connectivity index (χ3v) is 4.50. The predicted octanol–water partition coefficient (Wildman–Crippen LogP) is 3.03. The molecule has 1 spiro atoms. The highest BCUT2D eigenvalue weighted by Crippen LogP contribution is 2.54. The van der Waals surface area contributed by atoms with Crippen LogP contribution in [-0.4, -0.2) is 35.1 Å². The molecule has 1 aliphatic carbocycles. The minimum absolute atomic E-state index is 0.273. The second-order valence-corrected chi connectivity index (χ2v) is 8.17. The zero-order chi connectivity index (χ0) is 12.9. The molecule has 0 aromatic heterocycles. The number of piperidine rings is 1. The van der Waals surface area contributed by atoms with Gasteiger partial charge in [-0.05, 0) is 79.3 Å². The van der Waals surface area contributed by atoms with Crippen LogP contribution in [0.1, 0.15) is 60.8 Å². The van der Waals surface area contributed by atoms with Crippen molar-refractivity contribution >= 4 is 0 Å². The van der Waals surface area contributed by atoms with Crippen molar-refractivity contribution in [3.05, 3.63) is 0 Å². The highest BCUT2D eigenvalue weighted by atomic mass is 15.2. The highest BCUT2D eigenvalue weighted by Gasteiger charge is 2.55. The lowest BCUT2D eigenvalue weighted by Crippen LogP contribution is -2.48. The molecule has 0 aromatic carbocycles. The van der Waals surface area contributed by atoms with Crippen molar-refractivity contribution in [2.75, 3.05) is 13.1 Å². The molecule has 2 fully saturated rings. The van der Waals surface area contributed by atoms with E-state index in [0.29, 0.717) is 11.0 Å². The molecule has 1 aliphatic heterocycles. The first-order valence-electron chi connectivity index (χ1n) is 7.15. The fourth-order valence-electron chi connectivity index (χ4n) is 3.25. The first-order valence-corrected chi connectivity index (χ1v) is 7.15. The number of hydrogen-bond acceptors (Lipinski definition) is 2. The van der Waals surface area contributed by atoms with Crippen molar-refractivity contribution < 1.29 is 0 Å². The van der Waals surface area contributed by atoms with Gasteiger partial charge in [-0.3, -0.25) is 4.90 Å². The van der Waals surface area contributed by atoms with Crippen LogP contribution in [0.25, 0.3) is 0 Å². The molecule has 2 nitrogen and oxygen atoms in total. The summed E-state index contributed by atoms with van der Waals surface area (Å²) in [5.41, 5.74) is 1.27. The number of nitrogens with zero attached hydrogens (tertiary/aromatic N) is 1. The normalized spacial score (nSPS) is 29.6. The molecule has 2 heteroatoms. The zero-order valence-corrected chi connectivity index (χ0v) is 12.6. The highest BCUT2D eigenvalue weighted by molar-refractivity contribution is 5.11. The first-order chi connectivity index (χ1) is 7.62. The summed E-state index contributed by atoms with van der Waals surface area (Å²) in [5, 5.41) is 3.79. The van der Waals surface area contributed by atoms with Crippen LogP contribution in [0.4, 0.5) is 0 Å². The maximum Gasteiger partial charge on any atom is 0.0136 e. The van der Waals surface area contributed by atoms with Crippen LogP contribution in [0.2, 0.25) is 0 Å². The molecule has 0 bridgehead atoms. The van der Waals surface area contributed by atoms with Gasteiger partial charge in [0.1, 0.15) is 0 Å². The van der Waals surface area contributed by atoms with Crippen molar-refractivity contribution in [3.8, 4) is 0 Å². The summed E-state index contributed by atoms with van der Waals surface area (Å²) < 4.78 is 0. The zero-order valence-electron chi connectivity index (χ0n) is 12.6. The van der Waals surface area contributed by atoms with E-state index < -0.39 is 0 Å². The van der Waals surface area contributed by atoms with Gasteiger partial charge >= 0.3 is 0 Å². The Morgan fingerprint density at radius 3 is 1.94 bits per heavy atom. The Hall–Kier alpha value is -0.0800. The molecular formula is C15H30N2. The molecule has 1 unspecified atom stereocenters. The Bertz CT molecular complexity index is 274. The van der Waals surface area contributed by atoms with Gasteiger partial charge in [-0.1, -0.05) is 0 Å². The van der Waals surface area contributed by atoms with Gasteiger partial charge in [0.25, 0.3) is 0 Å². The summed E-state index contributed by atoms with van der Waals surface area (Å²) in [6, 6.07) is 0.782. The van der Waals surface area contributed by atoms with Gasteiger partial charge in [-0.25, -0.2) is 0 Å². The number of hydrogen-bond donors (Lipinski definition) is 1. The molecule has 100 valence electrons. The molecule has 17 heavy (non-hydrogen) atoms. The van der Waals surface area contributed by atoms with Gasteiger partial charge < -0.3 is 5.32 Å². The van der Waals surface area contributed by atoms with Gasteiger partial charge in [0.05, 0.1) is 0 Å². The lowest BCUT2D eigenvalue weighted by Gasteiger charge is -2.41. The Morgan fingerprint density at radius 1 is 1.00 bits per heavy atom. The molecule has 2 rings (SSSR count). The smallest absolute Gasteiger partial charge is 0.0136 e. The molecule has 1 heterocycles. The van der Waals surface area contributed by atoms with Crippen molar-refractivity contribution in [1.29, 1.82) is 0 Å². The fourth-order valence-corrected chi connectivity index (χ4v) is 3.25. The molecular weight excluding hydrogens is 208 g/mol. The summed E-state index contributed by atoms with van der Waals surface area (Å²) in [7, 11) is 0. The summed E-state index contributed by atoms with van der Waals surface area (Å²) in [6.07, 6.45) is 4.18. The van der Waals surface area contributed by atoms with E-state index in [1.54, 1.807) is 0 Å². The van der Waals surface area contributed by atoms with Crippen LogP contribution in [0.15, 0.2) is 0 Å². The van der Waals surface area contributed by atoms with Gasteiger partial charge in [0, 0.05) is 17.1 Å². The Balaban J connectivity index is 1.85. The largest absolute Gasteiger partial charge is 0.309 e. The van der Waals surface area contributed by atoms with Crippen LogP contribution in [-0.2, 0) is 0 Å². The molecule has 0 aromatic rings. The van der Waals surface area contributed by atoms with Crippen molar-refractivity contribution in [2.24, 2.45) is 5.41 Å². The molecule has 1 atom stereocenters. The fraction of sp³-hybridized carbons (Fsp3) is 1.00. The minimum Gasteiger partial charge on any atom is -0.309 e. The van der Waals surface area contributed by atoms with E-state index in [-0.39, 0.29) is 5.54 Å².